The zero-order valence-electron chi connectivity index (χ0n) is 13.9. The van der Waals surface area contributed by atoms with E-state index < -0.39 is 0 Å². The van der Waals surface area contributed by atoms with Crippen LogP contribution in [0.4, 0.5) is 0 Å². The molecule has 4 heteroatoms. The van der Waals surface area contributed by atoms with Gasteiger partial charge in [0.05, 0.1) is 0 Å². The van der Waals surface area contributed by atoms with Gasteiger partial charge >= 0.3 is 0 Å². The van der Waals surface area contributed by atoms with Gasteiger partial charge in [0.1, 0.15) is 0 Å². The first-order valence-corrected chi connectivity index (χ1v) is 8.18. The fourth-order valence-corrected chi connectivity index (χ4v) is 3.10. The first-order chi connectivity index (χ1) is 9.41. The van der Waals surface area contributed by atoms with Crippen LogP contribution in [0.15, 0.2) is 0 Å². The second-order valence-electron chi connectivity index (χ2n) is 6.65. The summed E-state index contributed by atoms with van der Waals surface area (Å²) in [5.74, 6) is 0.455. The average Bonchev–Trinajstić information content (AvgIpc) is 2.37. The average molecular weight is 283 g/mol. The monoisotopic (exact) mass is 283 g/mol. The van der Waals surface area contributed by atoms with E-state index in [-0.39, 0.29) is 11.8 Å². The molecule has 4 nitrogen and oxygen atoms in total. The maximum Gasteiger partial charge on any atom is 0.223 e. The predicted molar refractivity (Wildman–Crippen MR) is 84.8 cm³/mol. The highest BCUT2D eigenvalue weighted by Gasteiger charge is 2.24. The smallest absolute Gasteiger partial charge is 0.223 e. The fourth-order valence-electron chi connectivity index (χ4n) is 3.10. The van der Waals surface area contributed by atoms with Gasteiger partial charge in [-0.1, -0.05) is 0 Å². The van der Waals surface area contributed by atoms with Crippen molar-refractivity contribution in [3.05, 3.63) is 0 Å². The molecule has 1 saturated heterocycles. The summed E-state index contributed by atoms with van der Waals surface area (Å²) in [7, 11) is 0. The van der Waals surface area contributed by atoms with Crippen LogP contribution in [0, 0.1) is 5.92 Å². The third-order valence-corrected chi connectivity index (χ3v) is 4.21. The van der Waals surface area contributed by atoms with E-state index >= 15 is 0 Å². The lowest BCUT2D eigenvalue weighted by atomic mass is 9.92. The van der Waals surface area contributed by atoms with Crippen molar-refractivity contribution in [2.45, 2.75) is 72.0 Å². The van der Waals surface area contributed by atoms with E-state index in [0.717, 1.165) is 38.9 Å². The van der Waals surface area contributed by atoms with Crippen molar-refractivity contribution < 1.29 is 4.79 Å². The summed E-state index contributed by atoms with van der Waals surface area (Å²) in [6, 6.07) is 1.60. The summed E-state index contributed by atoms with van der Waals surface area (Å²) >= 11 is 0. The molecular formula is C16H33N3O. The van der Waals surface area contributed by atoms with Crippen molar-refractivity contribution in [2.75, 3.05) is 19.6 Å². The maximum atomic E-state index is 12.1. The molecule has 20 heavy (non-hydrogen) atoms. The van der Waals surface area contributed by atoms with Crippen molar-refractivity contribution in [1.29, 1.82) is 0 Å². The lowest BCUT2D eigenvalue weighted by molar-refractivity contribution is -0.126. The quantitative estimate of drug-likeness (QED) is 0.702. The molecule has 0 saturated carbocycles. The third kappa shape index (κ3) is 5.80. The van der Waals surface area contributed by atoms with Crippen molar-refractivity contribution >= 4 is 5.91 Å². The number of nitrogens with one attached hydrogen (secondary N) is 2. The highest BCUT2D eigenvalue weighted by molar-refractivity contribution is 5.78. The Morgan fingerprint density at radius 1 is 1.30 bits per heavy atom. The van der Waals surface area contributed by atoms with Gasteiger partial charge in [0, 0.05) is 37.1 Å². The minimum atomic E-state index is 0.206. The molecule has 1 aliphatic heterocycles. The van der Waals surface area contributed by atoms with Crippen LogP contribution in [0.5, 0.6) is 0 Å². The summed E-state index contributed by atoms with van der Waals surface area (Å²) in [4.78, 5) is 14.6. The first-order valence-electron chi connectivity index (χ1n) is 8.18. The van der Waals surface area contributed by atoms with Crippen LogP contribution in [0.3, 0.4) is 0 Å². The van der Waals surface area contributed by atoms with E-state index in [1.165, 1.54) is 0 Å². The van der Waals surface area contributed by atoms with Gasteiger partial charge in [0.25, 0.3) is 0 Å². The van der Waals surface area contributed by atoms with E-state index in [0.29, 0.717) is 18.1 Å². The molecule has 1 amide bonds. The standard InChI is InChI=1S/C16H33N3O/c1-12(2)19(13(3)4)10-6-8-18-16(20)15-7-9-17-14(5)11-15/h12-15,17H,6-11H2,1-5H3,(H,18,20)/t14-,15-/m0/s1. The van der Waals surface area contributed by atoms with Crippen LogP contribution in [0.1, 0.15) is 53.9 Å². The molecular weight excluding hydrogens is 250 g/mol. The summed E-state index contributed by atoms with van der Waals surface area (Å²) in [5, 5.41) is 6.50. The lowest BCUT2D eigenvalue weighted by Crippen LogP contribution is -2.43. The molecule has 0 aromatic heterocycles. The molecule has 1 aliphatic rings. The van der Waals surface area contributed by atoms with Crippen LogP contribution in [-0.2, 0) is 4.79 Å². The van der Waals surface area contributed by atoms with E-state index in [9.17, 15) is 4.79 Å². The van der Waals surface area contributed by atoms with E-state index in [1.807, 2.05) is 0 Å². The van der Waals surface area contributed by atoms with Crippen LogP contribution in [-0.4, -0.2) is 48.6 Å². The molecule has 0 aromatic carbocycles. The predicted octanol–water partition coefficient (Wildman–Crippen LogP) is 2.00. The first kappa shape index (κ1) is 17.4. The van der Waals surface area contributed by atoms with Crippen LogP contribution < -0.4 is 10.6 Å². The second-order valence-corrected chi connectivity index (χ2v) is 6.65. The number of nitrogens with zero attached hydrogens (tertiary/aromatic N) is 1. The highest BCUT2D eigenvalue weighted by atomic mass is 16.1. The molecule has 0 aromatic rings. The Balaban J connectivity index is 2.21. The number of carbonyl (C=O) groups excluding carboxylic acids is 1. The minimum Gasteiger partial charge on any atom is -0.356 e. The number of rotatable bonds is 7. The Morgan fingerprint density at radius 2 is 1.95 bits per heavy atom. The van der Waals surface area contributed by atoms with Gasteiger partial charge in [0.15, 0.2) is 0 Å². The van der Waals surface area contributed by atoms with Gasteiger partial charge in [-0.05, 0) is 60.4 Å². The molecule has 1 fully saturated rings. The highest BCUT2D eigenvalue weighted by Crippen LogP contribution is 2.15. The second kappa shape index (κ2) is 8.63. The fraction of sp³-hybridized carbons (Fsp3) is 0.938. The minimum absolute atomic E-state index is 0.206. The van der Waals surface area contributed by atoms with E-state index in [4.69, 9.17) is 0 Å². The number of piperidine rings is 1. The van der Waals surface area contributed by atoms with Gasteiger partial charge in [-0.15, -0.1) is 0 Å². The number of hydrogen-bond acceptors (Lipinski definition) is 3. The number of carbonyl (C=O) groups is 1. The van der Waals surface area contributed by atoms with Gasteiger partial charge in [-0.25, -0.2) is 0 Å². The maximum absolute atomic E-state index is 12.1. The molecule has 0 aliphatic carbocycles. The van der Waals surface area contributed by atoms with E-state index in [1.54, 1.807) is 0 Å². The van der Waals surface area contributed by atoms with Gasteiger partial charge in [0.2, 0.25) is 5.91 Å². The third-order valence-electron chi connectivity index (χ3n) is 4.21. The van der Waals surface area contributed by atoms with Crippen molar-refractivity contribution in [2.24, 2.45) is 5.92 Å². The molecule has 2 N–H and O–H groups in total. The summed E-state index contributed by atoms with van der Waals surface area (Å²) in [5.41, 5.74) is 0. The van der Waals surface area contributed by atoms with Crippen molar-refractivity contribution in [3.63, 3.8) is 0 Å². The number of hydrogen-bond donors (Lipinski definition) is 2. The largest absolute Gasteiger partial charge is 0.356 e. The van der Waals surface area contributed by atoms with E-state index in [2.05, 4.69) is 50.2 Å². The Morgan fingerprint density at radius 3 is 2.50 bits per heavy atom. The molecule has 0 bridgehead atoms. The Bertz CT molecular complexity index is 283. The summed E-state index contributed by atoms with van der Waals surface area (Å²) in [6.07, 6.45) is 2.97. The van der Waals surface area contributed by atoms with Crippen molar-refractivity contribution in [3.8, 4) is 0 Å². The van der Waals surface area contributed by atoms with Gasteiger partial charge < -0.3 is 10.6 Å². The van der Waals surface area contributed by atoms with Gasteiger partial charge in [-0.3, -0.25) is 9.69 Å². The lowest BCUT2D eigenvalue weighted by Gasteiger charge is -2.30. The zero-order chi connectivity index (χ0) is 15.1. The van der Waals surface area contributed by atoms with Crippen LogP contribution in [0.2, 0.25) is 0 Å². The van der Waals surface area contributed by atoms with Crippen LogP contribution in [0.25, 0.3) is 0 Å². The molecule has 2 atom stereocenters. The topological polar surface area (TPSA) is 44.4 Å². The molecule has 1 heterocycles. The Kier molecular flexibility index (Phi) is 7.52. The summed E-state index contributed by atoms with van der Waals surface area (Å²) < 4.78 is 0. The molecule has 0 spiro atoms. The molecule has 0 unspecified atom stereocenters. The molecule has 118 valence electrons. The van der Waals surface area contributed by atoms with Crippen LogP contribution >= 0.6 is 0 Å². The molecule has 1 rings (SSSR count). The SMILES string of the molecule is CC(C)N(CCCNC(=O)[C@H]1CCN[C@@H](C)C1)C(C)C. The van der Waals surface area contributed by atoms with Crippen molar-refractivity contribution in [1.82, 2.24) is 15.5 Å². The normalized spacial score (nSPS) is 23.6. The Labute approximate surface area is 124 Å². The Hall–Kier alpha value is -0.610. The van der Waals surface area contributed by atoms with Gasteiger partial charge in [-0.2, -0.15) is 0 Å². The zero-order valence-corrected chi connectivity index (χ0v) is 13.9. The number of amides is 1. The summed E-state index contributed by atoms with van der Waals surface area (Å²) in [6.45, 7) is 13.9. The molecule has 0 radical (unpaired) electrons.